The summed E-state index contributed by atoms with van der Waals surface area (Å²) >= 11 is 0. The van der Waals surface area contributed by atoms with Gasteiger partial charge in [0.25, 0.3) is 0 Å². The lowest BCUT2D eigenvalue weighted by atomic mass is 9.85. The van der Waals surface area contributed by atoms with Crippen LogP contribution in [-0.2, 0) is 11.2 Å². The average molecular weight is 333 g/mol. The third-order valence-corrected chi connectivity index (χ3v) is 4.42. The maximum absolute atomic E-state index is 11.6. The van der Waals surface area contributed by atoms with Crippen molar-refractivity contribution in [3.8, 4) is 11.5 Å². The number of hydrogen-bond acceptors (Lipinski definition) is 5. The van der Waals surface area contributed by atoms with Gasteiger partial charge in [-0.1, -0.05) is 13.0 Å². The molecule has 0 saturated carbocycles. The fraction of sp³-hybridized carbons (Fsp3) is 0.500. The average Bonchev–Trinajstić information content (AvgIpc) is 2.51. The Morgan fingerprint density at radius 2 is 2.17 bits per heavy atom. The SMILES string of the molecule is CC(CN1CC(Oc2ccc3c(c2C(=O)O)OBCC3)C1)C(=O)O. The lowest BCUT2D eigenvalue weighted by Gasteiger charge is -2.40. The molecule has 1 saturated heterocycles. The van der Waals surface area contributed by atoms with Gasteiger partial charge in [0.1, 0.15) is 23.2 Å². The fourth-order valence-corrected chi connectivity index (χ4v) is 3.10. The zero-order valence-corrected chi connectivity index (χ0v) is 13.5. The van der Waals surface area contributed by atoms with Crippen molar-refractivity contribution in [3.63, 3.8) is 0 Å². The Kier molecular flexibility index (Phi) is 4.66. The number of carbonyl (C=O) groups is 2. The Balaban J connectivity index is 1.66. The number of ether oxygens (including phenoxy) is 1. The maximum atomic E-state index is 11.6. The first-order valence-electron chi connectivity index (χ1n) is 8.09. The highest BCUT2D eigenvalue weighted by molar-refractivity contribution is 6.29. The van der Waals surface area contributed by atoms with E-state index >= 15 is 0 Å². The fourth-order valence-electron chi connectivity index (χ4n) is 3.10. The summed E-state index contributed by atoms with van der Waals surface area (Å²) in [6.45, 7) is 3.32. The summed E-state index contributed by atoms with van der Waals surface area (Å²) in [5.41, 5.74) is 0.987. The van der Waals surface area contributed by atoms with Crippen molar-refractivity contribution in [2.24, 2.45) is 5.92 Å². The summed E-state index contributed by atoms with van der Waals surface area (Å²) in [5, 5.41) is 18.4. The van der Waals surface area contributed by atoms with E-state index in [4.69, 9.17) is 14.5 Å². The van der Waals surface area contributed by atoms with Gasteiger partial charge in [0.05, 0.1) is 5.92 Å². The highest BCUT2D eigenvalue weighted by Crippen LogP contribution is 2.36. The number of carboxylic acids is 2. The Hall–Kier alpha value is -2.22. The van der Waals surface area contributed by atoms with Crippen LogP contribution in [0.4, 0.5) is 0 Å². The Morgan fingerprint density at radius 1 is 1.42 bits per heavy atom. The van der Waals surface area contributed by atoms with E-state index in [9.17, 15) is 14.7 Å². The van der Waals surface area contributed by atoms with Gasteiger partial charge in [-0.05, 0) is 24.4 Å². The van der Waals surface area contributed by atoms with Crippen LogP contribution in [0.2, 0.25) is 6.32 Å². The summed E-state index contributed by atoms with van der Waals surface area (Å²) in [6.07, 6.45) is 1.55. The van der Waals surface area contributed by atoms with Crippen molar-refractivity contribution < 1.29 is 29.2 Å². The monoisotopic (exact) mass is 333 g/mol. The lowest BCUT2D eigenvalue weighted by molar-refractivity contribution is -0.142. The molecule has 2 aliphatic heterocycles. The van der Waals surface area contributed by atoms with Gasteiger partial charge in [-0.15, -0.1) is 0 Å². The molecule has 0 aliphatic carbocycles. The normalized spacial score (nSPS) is 18.5. The molecule has 1 aromatic carbocycles. The third kappa shape index (κ3) is 3.33. The van der Waals surface area contributed by atoms with Crippen molar-refractivity contribution in [1.29, 1.82) is 0 Å². The van der Waals surface area contributed by atoms with Gasteiger partial charge in [0.15, 0.2) is 0 Å². The second-order valence-electron chi connectivity index (χ2n) is 6.38. The first-order valence-corrected chi connectivity index (χ1v) is 8.09. The number of aromatic carboxylic acids is 1. The van der Waals surface area contributed by atoms with Crippen LogP contribution in [0.25, 0.3) is 0 Å². The van der Waals surface area contributed by atoms with Crippen molar-refractivity contribution in [2.45, 2.75) is 25.8 Å². The zero-order chi connectivity index (χ0) is 17.3. The van der Waals surface area contributed by atoms with Crippen molar-refractivity contribution in [1.82, 2.24) is 4.90 Å². The Labute approximate surface area is 140 Å². The number of likely N-dealkylation sites (tertiary alicyclic amines) is 1. The van der Waals surface area contributed by atoms with Gasteiger partial charge in [0.2, 0.25) is 0 Å². The molecule has 0 radical (unpaired) electrons. The van der Waals surface area contributed by atoms with Crippen LogP contribution in [0.1, 0.15) is 22.8 Å². The van der Waals surface area contributed by atoms with Crippen LogP contribution < -0.4 is 9.39 Å². The van der Waals surface area contributed by atoms with Gasteiger partial charge in [-0.3, -0.25) is 9.69 Å². The number of fused-ring (bicyclic) bond motifs is 1. The molecule has 1 aromatic rings. The number of rotatable bonds is 6. The van der Waals surface area contributed by atoms with Gasteiger partial charge in [0, 0.05) is 19.6 Å². The number of benzene rings is 1. The first-order chi connectivity index (χ1) is 11.5. The smallest absolute Gasteiger partial charge is 0.343 e. The second-order valence-corrected chi connectivity index (χ2v) is 6.38. The molecule has 2 heterocycles. The lowest BCUT2D eigenvalue weighted by Crippen LogP contribution is -2.55. The molecule has 1 atom stereocenters. The molecule has 1 unspecified atom stereocenters. The van der Waals surface area contributed by atoms with Gasteiger partial charge in [-0.25, -0.2) is 4.79 Å². The largest absolute Gasteiger partial charge is 0.563 e. The van der Waals surface area contributed by atoms with Crippen LogP contribution in [-0.4, -0.2) is 60.3 Å². The molecular formula is C16H20BNO6. The molecule has 0 aromatic heterocycles. The standard InChI is InChI=1S/C16H20BNO6/c1-9(15(19)20)6-18-7-11(8-18)23-12-3-2-10-4-5-17-24-14(10)13(12)16(21)22/h2-3,9,11,17H,4-8H2,1H3,(H,19,20)(H,21,22). The van der Waals surface area contributed by atoms with E-state index in [1.54, 1.807) is 13.0 Å². The molecule has 8 heteroatoms. The van der Waals surface area contributed by atoms with E-state index in [2.05, 4.69) is 0 Å². The van der Waals surface area contributed by atoms with E-state index in [1.807, 2.05) is 11.0 Å². The summed E-state index contributed by atoms with van der Waals surface area (Å²) in [7, 11) is 0.515. The van der Waals surface area contributed by atoms with Crippen molar-refractivity contribution in [3.05, 3.63) is 23.3 Å². The molecular weight excluding hydrogens is 313 g/mol. The van der Waals surface area contributed by atoms with Crippen LogP contribution in [0.3, 0.4) is 0 Å². The minimum atomic E-state index is -1.06. The number of aryl methyl sites for hydroxylation is 1. The highest BCUT2D eigenvalue weighted by Gasteiger charge is 2.33. The first kappa shape index (κ1) is 16.6. The molecule has 3 rings (SSSR count). The minimum Gasteiger partial charge on any atom is -0.563 e. The van der Waals surface area contributed by atoms with Crippen LogP contribution in [0, 0.1) is 5.92 Å². The number of aliphatic carboxylic acids is 1. The van der Waals surface area contributed by atoms with E-state index in [0.717, 1.165) is 18.3 Å². The molecule has 0 amide bonds. The number of carboxylic acid groups (broad SMARTS) is 2. The van der Waals surface area contributed by atoms with Crippen LogP contribution >= 0.6 is 0 Å². The highest BCUT2D eigenvalue weighted by atomic mass is 16.5. The Morgan fingerprint density at radius 3 is 2.83 bits per heavy atom. The van der Waals surface area contributed by atoms with E-state index in [1.165, 1.54) is 0 Å². The quantitative estimate of drug-likeness (QED) is 0.746. The predicted octanol–water partition coefficient (Wildman–Crippen LogP) is 0.873. The maximum Gasteiger partial charge on any atom is 0.343 e. The third-order valence-electron chi connectivity index (χ3n) is 4.42. The van der Waals surface area contributed by atoms with Crippen LogP contribution in [0.5, 0.6) is 11.5 Å². The van der Waals surface area contributed by atoms with E-state index in [-0.39, 0.29) is 11.7 Å². The zero-order valence-electron chi connectivity index (χ0n) is 13.5. The molecule has 2 N–H and O–H groups in total. The number of hydrogen-bond donors (Lipinski definition) is 2. The summed E-state index contributed by atoms with van der Waals surface area (Å²) in [5.74, 6) is -1.57. The van der Waals surface area contributed by atoms with Crippen molar-refractivity contribution >= 4 is 19.4 Å². The summed E-state index contributed by atoms with van der Waals surface area (Å²) < 4.78 is 11.4. The molecule has 128 valence electrons. The predicted molar refractivity (Wildman–Crippen MR) is 87.3 cm³/mol. The second kappa shape index (κ2) is 6.72. The van der Waals surface area contributed by atoms with E-state index < -0.39 is 17.9 Å². The van der Waals surface area contributed by atoms with Crippen molar-refractivity contribution in [2.75, 3.05) is 19.6 Å². The molecule has 2 aliphatic rings. The molecule has 0 spiro atoms. The summed E-state index contributed by atoms with van der Waals surface area (Å²) in [6, 6.07) is 3.55. The van der Waals surface area contributed by atoms with Gasteiger partial charge < -0.3 is 19.6 Å². The molecule has 7 nitrogen and oxygen atoms in total. The van der Waals surface area contributed by atoms with Crippen LogP contribution in [0.15, 0.2) is 12.1 Å². The van der Waals surface area contributed by atoms with Gasteiger partial charge >= 0.3 is 19.4 Å². The Bertz CT molecular complexity index is 658. The molecule has 24 heavy (non-hydrogen) atoms. The summed E-state index contributed by atoms with van der Waals surface area (Å²) in [4.78, 5) is 24.5. The molecule has 1 fully saturated rings. The number of nitrogens with zero attached hydrogens (tertiary/aromatic N) is 1. The minimum absolute atomic E-state index is 0.0876. The molecule has 0 bridgehead atoms. The van der Waals surface area contributed by atoms with E-state index in [0.29, 0.717) is 38.6 Å². The topological polar surface area (TPSA) is 96.3 Å². The van der Waals surface area contributed by atoms with Gasteiger partial charge in [-0.2, -0.15) is 0 Å².